The predicted octanol–water partition coefficient (Wildman–Crippen LogP) is 2.75. The second kappa shape index (κ2) is 5.45. The van der Waals surface area contributed by atoms with Crippen molar-refractivity contribution in [3.05, 3.63) is 29.3 Å². The molecule has 1 aromatic rings. The van der Waals surface area contributed by atoms with Gasteiger partial charge in [-0.2, -0.15) is 0 Å². The quantitative estimate of drug-likeness (QED) is 0.779. The Kier molecular flexibility index (Phi) is 4.46. The van der Waals surface area contributed by atoms with Gasteiger partial charge in [-0.05, 0) is 37.5 Å². The Morgan fingerprint density at radius 2 is 2.06 bits per heavy atom. The summed E-state index contributed by atoms with van der Waals surface area (Å²) >= 11 is 0. The van der Waals surface area contributed by atoms with Crippen LogP contribution in [0.4, 0.5) is 14.5 Å². The van der Waals surface area contributed by atoms with E-state index in [9.17, 15) is 8.78 Å². The monoisotopic (exact) mass is 242 g/mol. The minimum Gasteiger partial charge on any atom is -0.399 e. The average Bonchev–Trinajstić information content (AvgIpc) is 2.21. The van der Waals surface area contributed by atoms with Crippen LogP contribution in [0.25, 0.3) is 0 Å². The molecule has 1 aromatic carbocycles. The van der Waals surface area contributed by atoms with Crippen LogP contribution in [0, 0.1) is 6.92 Å². The van der Waals surface area contributed by atoms with E-state index in [0.29, 0.717) is 6.42 Å². The van der Waals surface area contributed by atoms with Crippen molar-refractivity contribution in [2.45, 2.75) is 39.2 Å². The Hall–Kier alpha value is -1.16. The van der Waals surface area contributed by atoms with Crippen molar-refractivity contribution in [3.63, 3.8) is 0 Å². The summed E-state index contributed by atoms with van der Waals surface area (Å²) in [5.74, 6) is -2.67. The lowest BCUT2D eigenvalue weighted by Crippen LogP contribution is -2.37. The lowest BCUT2D eigenvalue weighted by molar-refractivity contribution is 0.0204. The molecule has 0 radical (unpaired) electrons. The molecule has 96 valence electrons. The number of anilines is 1. The molecule has 0 fully saturated rings. The van der Waals surface area contributed by atoms with Crippen molar-refractivity contribution < 1.29 is 8.78 Å². The molecule has 0 bridgehead atoms. The fourth-order valence-corrected chi connectivity index (χ4v) is 1.68. The van der Waals surface area contributed by atoms with Crippen LogP contribution < -0.4 is 11.1 Å². The third kappa shape index (κ3) is 4.69. The van der Waals surface area contributed by atoms with Crippen LogP contribution in [-0.4, -0.2) is 18.5 Å². The summed E-state index contributed by atoms with van der Waals surface area (Å²) in [5, 5.41) is 2.83. The second-order valence-corrected chi connectivity index (χ2v) is 4.69. The first kappa shape index (κ1) is 13.9. The Bertz CT molecular complexity index is 372. The maximum Gasteiger partial charge on any atom is 0.257 e. The van der Waals surface area contributed by atoms with Crippen LogP contribution in [0.1, 0.15) is 25.0 Å². The minimum absolute atomic E-state index is 0.00123. The first-order valence-corrected chi connectivity index (χ1v) is 5.75. The largest absolute Gasteiger partial charge is 0.399 e. The van der Waals surface area contributed by atoms with Crippen molar-refractivity contribution in [3.8, 4) is 0 Å². The smallest absolute Gasteiger partial charge is 0.257 e. The molecule has 0 aliphatic rings. The van der Waals surface area contributed by atoms with Gasteiger partial charge in [-0.1, -0.05) is 12.1 Å². The van der Waals surface area contributed by atoms with Crippen molar-refractivity contribution in [2.24, 2.45) is 0 Å². The van der Waals surface area contributed by atoms with Crippen molar-refractivity contribution in [2.75, 3.05) is 12.3 Å². The summed E-state index contributed by atoms with van der Waals surface area (Å²) in [6.07, 6.45) is 0.701. The summed E-state index contributed by atoms with van der Waals surface area (Å²) < 4.78 is 25.4. The third-order valence-electron chi connectivity index (χ3n) is 2.77. The van der Waals surface area contributed by atoms with E-state index in [1.165, 1.54) is 0 Å². The van der Waals surface area contributed by atoms with Gasteiger partial charge in [0.1, 0.15) is 0 Å². The number of rotatable bonds is 5. The van der Waals surface area contributed by atoms with E-state index in [1.54, 1.807) is 0 Å². The standard InChI is InChI=1S/C13H20F2N2/c1-9(17-8-13(3,14)15)7-11-5-4-6-12(16)10(11)2/h4-6,9,17H,7-8,16H2,1-3H3. The first-order valence-electron chi connectivity index (χ1n) is 5.75. The molecule has 1 unspecified atom stereocenters. The lowest BCUT2D eigenvalue weighted by Gasteiger charge is -2.18. The second-order valence-electron chi connectivity index (χ2n) is 4.69. The predicted molar refractivity (Wildman–Crippen MR) is 67.4 cm³/mol. The number of nitrogens with one attached hydrogen (secondary N) is 1. The molecule has 0 aromatic heterocycles. The van der Waals surface area contributed by atoms with Crippen molar-refractivity contribution >= 4 is 5.69 Å². The highest BCUT2D eigenvalue weighted by Crippen LogP contribution is 2.17. The Labute approximate surface area is 101 Å². The molecule has 2 nitrogen and oxygen atoms in total. The molecule has 0 aliphatic carbocycles. The molecule has 0 amide bonds. The van der Waals surface area contributed by atoms with Gasteiger partial charge in [-0.3, -0.25) is 0 Å². The Morgan fingerprint density at radius 1 is 1.41 bits per heavy atom. The lowest BCUT2D eigenvalue weighted by atomic mass is 10.0. The molecule has 0 saturated carbocycles. The molecule has 0 heterocycles. The van der Waals surface area contributed by atoms with Crippen LogP contribution in [-0.2, 0) is 6.42 Å². The molecule has 0 saturated heterocycles. The van der Waals surface area contributed by atoms with Crippen LogP contribution in [0.5, 0.6) is 0 Å². The Morgan fingerprint density at radius 3 is 2.65 bits per heavy atom. The summed E-state index contributed by atoms with van der Waals surface area (Å²) in [4.78, 5) is 0. The molecule has 17 heavy (non-hydrogen) atoms. The normalized spacial score (nSPS) is 13.7. The zero-order valence-electron chi connectivity index (χ0n) is 10.6. The maximum atomic E-state index is 12.7. The van der Waals surface area contributed by atoms with Crippen molar-refractivity contribution in [1.29, 1.82) is 0 Å². The summed E-state index contributed by atoms with van der Waals surface area (Å²) in [5.41, 5.74) is 8.68. The van der Waals surface area contributed by atoms with E-state index >= 15 is 0 Å². The molecular formula is C13H20F2N2. The zero-order valence-corrected chi connectivity index (χ0v) is 10.6. The third-order valence-corrected chi connectivity index (χ3v) is 2.77. The SMILES string of the molecule is Cc1c(N)cccc1CC(C)NCC(C)(F)F. The van der Waals surface area contributed by atoms with Crippen LogP contribution >= 0.6 is 0 Å². The number of nitrogen functional groups attached to an aromatic ring is 1. The van der Waals surface area contributed by atoms with Crippen LogP contribution in [0.3, 0.4) is 0 Å². The van der Waals surface area contributed by atoms with Gasteiger partial charge in [-0.25, -0.2) is 8.78 Å². The maximum absolute atomic E-state index is 12.7. The zero-order chi connectivity index (χ0) is 13.1. The number of nitrogens with two attached hydrogens (primary N) is 1. The molecule has 1 rings (SSSR count). The van der Waals surface area contributed by atoms with Gasteiger partial charge in [0.15, 0.2) is 0 Å². The van der Waals surface area contributed by atoms with E-state index in [1.807, 2.05) is 32.0 Å². The van der Waals surface area contributed by atoms with Gasteiger partial charge in [-0.15, -0.1) is 0 Å². The number of alkyl halides is 2. The fourth-order valence-electron chi connectivity index (χ4n) is 1.68. The molecule has 0 spiro atoms. The molecule has 0 aliphatic heterocycles. The minimum atomic E-state index is -2.67. The van der Waals surface area contributed by atoms with E-state index in [2.05, 4.69) is 5.32 Å². The van der Waals surface area contributed by atoms with Crippen LogP contribution in [0.15, 0.2) is 18.2 Å². The van der Waals surface area contributed by atoms with Gasteiger partial charge in [0, 0.05) is 18.7 Å². The number of hydrogen-bond donors (Lipinski definition) is 2. The van der Waals surface area contributed by atoms with Gasteiger partial charge in [0.2, 0.25) is 0 Å². The molecule has 4 heteroatoms. The molecule has 3 N–H and O–H groups in total. The number of halogens is 2. The number of hydrogen-bond acceptors (Lipinski definition) is 2. The summed E-state index contributed by atoms with van der Waals surface area (Å²) in [6, 6.07) is 5.71. The highest BCUT2D eigenvalue weighted by molar-refractivity contribution is 5.50. The first-order chi connectivity index (χ1) is 7.79. The van der Waals surface area contributed by atoms with Gasteiger partial charge >= 0.3 is 0 Å². The van der Waals surface area contributed by atoms with Gasteiger partial charge in [0.05, 0.1) is 6.54 Å². The van der Waals surface area contributed by atoms with Crippen LogP contribution in [0.2, 0.25) is 0 Å². The van der Waals surface area contributed by atoms with Gasteiger partial charge < -0.3 is 11.1 Å². The highest BCUT2D eigenvalue weighted by atomic mass is 19.3. The average molecular weight is 242 g/mol. The fraction of sp³-hybridized carbons (Fsp3) is 0.538. The summed E-state index contributed by atoms with van der Waals surface area (Å²) in [6.45, 7) is 4.47. The highest BCUT2D eigenvalue weighted by Gasteiger charge is 2.21. The van der Waals surface area contributed by atoms with E-state index < -0.39 is 5.92 Å². The van der Waals surface area contributed by atoms with Gasteiger partial charge in [0.25, 0.3) is 5.92 Å². The summed E-state index contributed by atoms with van der Waals surface area (Å²) in [7, 11) is 0. The topological polar surface area (TPSA) is 38.0 Å². The van der Waals surface area contributed by atoms with E-state index in [-0.39, 0.29) is 12.6 Å². The van der Waals surface area contributed by atoms with Crippen molar-refractivity contribution in [1.82, 2.24) is 5.32 Å². The van der Waals surface area contributed by atoms with E-state index in [4.69, 9.17) is 5.73 Å². The van der Waals surface area contributed by atoms with E-state index in [0.717, 1.165) is 23.7 Å². The molecular weight excluding hydrogens is 222 g/mol. The Balaban J connectivity index is 2.56. The molecule has 1 atom stereocenters. The number of benzene rings is 1.